The zero-order valence-electron chi connectivity index (χ0n) is 16.3. The van der Waals surface area contributed by atoms with Crippen LogP contribution in [0, 0.1) is 5.82 Å². The Bertz CT molecular complexity index is 667. The van der Waals surface area contributed by atoms with Gasteiger partial charge in [0.2, 0.25) is 11.8 Å². The number of nitrogens with one attached hydrogen (secondary N) is 2. The Hall–Kier alpha value is -2.15. The van der Waals surface area contributed by atoms with Crippen LogP contribution in [0.2, 0.25) is 0 Å². The molecule has 1 fully saturated rings. The maximum Gasteiger partial charge on any atom is 0.220 e. The molecule has 150 valence electrons. The third-order valence-corrected chi connectivity index (χ3v) is 5.05. The molecule has 0 unspecified atom stereocenters. The van der Waals surface area contributed by atoms with Crippen LogP contribution in [0.4, 0.5) is 4.39 Å². The summed E-state index contributed by atoms with van der Waals surface area (Å²) in [7, 11) is 3.03. The molecule has 0 bridgehead atoms. The van der Waals surface area contributed by atoms with Gasteiger partial charge in [-0.25, -0.2) is 4.39 Å². The maximum atomic E-state index is 13.7. The monoisotopic (exact) mass is 380 g/mol. The molecule has 1 heterocycles. The van der Waals surface area contributed by atoms with Gasteiger partial charge < -0.3 is 20.1 Å². The summed E-state index contributed by atoms with van der Waals surface area (Å²) in [5, 5.41) is 6.00. The number of hydrogen-bond acceptors (Lipinski definition) is 4. The Labute approximate surface area is 159 Å². The highest BCUT2D eigenvalue weighted by atomic mass is 19.1. The second-order valence-electron chi connectivity index (χ2n) is 7.10. The minimum Gasteiger partial charge on any atom is -0.494 e. The molecule has 1 aliphatic heterocycles. The van der Waals surface area contributed by atoms with Crippen LogP contribution in [0.15, 0.2) is 18.2 Å². The molecule has 6 nitrogen and oxygen atoms in total. The molecule has 1 saturated heterocycles. The van der Waals surface area contributed by atoms with Crippen molar-refractivity contribution < 1.29 is 23.5 Å². The minimum atomic E-state index is -0.500. The lowest BCUT2D eigenvalue weighted by Gasteiger charge is -2.30. The number of ether oxygens (including phenoxy) is 2. The van der Waals surface area contributed by atoms with Gasteiger partial charge in [-0.2, -0.15) is 0 Å². The fourth-order valence-electron chi connectivity index (χ4n) is 3.50. The second-order valence-corrected chi connectivity index (χ2v) is 7.10. The molecule has 0 radical (unpaired) electrons. The van der Waals surface area contributed by atoms with Crippen molar-refractivity contribution in [3.63, 3.8) is 0 Å². The minimum absolute atomic E-state index is 0.0158. The summed E-state index contributed by atoms with van der Waals surface area (Å²) in [5.41, 5.74) is 0.363. The lowest BCUT2D eigenvalue weighted by molar-refractivity contribution is -0.123. The van der Waals surface area contributed by atoms with Crippen LogP contribution in [-0.2, 0) is 20.7 Å². The Morgan fingerprint density at radius 3 is 2.78 bits per heavy atom. The van der Waals surface area contributed by atoms with Crippen LogP contribution >= 0.6 is 0 Å². The third kappa shape index (κ3) is 5.92. The van der Waals surface area contributed by atoms with Gasteiger partial charge in [-0.1, -0.05) is 13.0 Å². The molecule has 7 heteroatoms. The van der Waals surface area contributed by atoms with E-state index in [2.05, 4.69) is 10.6 Å². The molecule has 2 rings (SSSR count). The lowest BCUT2D eigenvalue weighted by Crippen LogP contribution is -2.45. The standard InChI is InChI=1S/C20H29FN2O4/c1-4-15(13-26-2)22-18(24)7-9-20(10-8-19(25)23-20)12-14-5-6-16(21)17(11-14)27-3/h5-6,11,15H,4,7-10,12-13H2,1-3H3,(H,22,24)(H,23,25)/t15-,20-/m1/s1. The van der Waals surface area contributed by atoms with E-state index in [4.69, 9.17) is 9.47 Å². The van der Waals surface area contributed by atoms with Crippen molar-refractivity contribution in [3.05, 3.63) is 29.6 Å². The number of halogens is 1. The fraction of sp³-hybridized carbons (Fsp3) is 0.600. The molecule has 2 atom stereocenters. The first-order chi connectivity index (χ1) is 12.9. The first kappa shape index (κ1) is 21.2. The Morgan fingerprint density at radius 1 is 1.41 bits per heavy atom. The molecule has 0 aliphatic carbocycles. The van der Waals surface area contributed by atoms with E-state index in [1.54, 1.807) is 19.2 Å². The van der Waals surface area contributed by atoms with Crippen molar-refractivity contribution in [2.24, 2.45) is 0 Å². The van der Waals surface area contributed by atoms with Crippen LogP contribution in [0.25, 0.3) is 0 Å². The van der Waals surface area contributed by atoms with Gasteiger partial charge in [0, 0.05) is 25.5 Å². The van der Waals surface area contributed by atoms with E-state index in [1.807, 2.05) is 6.92 Å². The normalized spacial score (nSPS) is 20.2. The Morgan fingerprint density at radius 2 is 2.19 bits per heavy atom. The number of benzene rings is 1. The summed E-state index contributed by atoms with van der Waals surface area (Å²) in [6.45, 7) is 2.46. The average molecular weight is 380 g/mol. The quantitative estimate of drug-likeness (QED) is 0.653. The van der Waals surface area contributed by atoms with Crippen molar-refractivity contribution in [2.75, 3.05) is 20.8 Å². The molecule has 1 aromatic rings. The van der Waals surface area contributed by atoms with Crippen LogP contribution < -0.4 is 15.4 Å². The van der Waals surface area contributed by atoms with Gasteiger partial charge in [0.1, 0.15) is 0 Å². The average Bonchev–Trinajstić information content (AvgIpc) is 3.02. The predicted octanol–water partition coefficient (Wildman–Crippen LogP) is 2.35. The number of carbonyl (C=O) groups excluding carboxylic acids is 2. The van der Waals surface area contributed by atoms with Gasteiger partial charge in [0.25, 0.3) is 0 Å². The number of methoxy groups -OCH3 is 2. The highest BCUT2D eigenvalue weighted by Gasteiger charge is 2.38. The van der Waals surface area contributed by atoms with Gasteiger partial charge in [-0.05, 0) is 43.4 Å². The van der Waals surface area contributed by atoms with Crippen molar-refractivity contribution in [1.29, 1.82) is 0 Å². The highest BCUT2D eigenvalue weighted by Crippen LogP contribution is 2.31. The zero-order valence-corrected chi connectivity index (χ0v) is 16.3. The summed E-state index contributed by atoms with van der Waals surface area (Å²) < 4.78 is 23.8. The largest absolute Gasteiger partial charge is 0.494 e. The molecule has 0 spiro atoms. The van der Waals surface area contributed by atoms with Gasteiger partial charge in [0.05, 0.1) is 19.8 Å². The highest BCUT2D eigenvalue weighted by molar-refractivity contribution is 5.80. The number of hydrogen-bond donors (Lipinski definition) is 2. The van der Waals surface area contributed by atoms with E-state index >= 15 is 0 Å². The van der Waals surface area contributed by atoms with Crippen molar-refractivity contribution >= 4 is 11.8 Å². The van der Waals surface area contributed by atoms with E-state index in [9.17, 15) is 14.0 Å². The number of amides is 2. The summed E-state index contributed by atoms with van der Waals surface area (Å²) in [6.07, 6.45) is 3.22. The Kier molecular flexibility index (Phi) is 7.59. The van der Waals surface area contributed by atoms with Gasteiger partial charge >= 0.3 is 0 Å². The van der Waals surface area contributed by atoms with E-state index in [-0.39, 0.29) is 23.6 Å². The third-order valence-electron chi connectivity index (χ3n) is 5.05. The second kappa shape index (κ2) is 9.69. The van der Waals surface area contributed by atoms with E-state index in [1.165, 1.54) is 13.2 Å². The number of rotatable bonds is 10. The molecule has 0 aromatic heterocycles. The first-order valence-corrected chi connectivity index (χ1v) is 9.33. The summed E-state index contributed by atoms with van der Waals surface area (Å²) >= 11 is 0. The molecular formula is C20H29FN2O4. The van der Waals surface area contributed by atoms with Gasteiger partial charge in [-0.15, -0.1) is 0 Å². The molecular weight excluding hydrogens is 351 g/mol. The van der Waals surface area contributed by atoms with Crippen LogP contribution in [0.3, 0.4) is 0 Å². The lowest BCUT2D eigenvalue weighted by atomic mass is 9.85. The van der Waals surface area contributed by atoms with E-state index in [0.717, 1.165) is 12.0 Å². The van der Waals surface area contributed by atoms with Crippen molar-refractivity contribution in [1.82, 2.24) is 10.6 Å². The molecule has 1 aromatic carbocycles. The Balaban J connectivity index is 2.04. The molecule has 1 aliphatic rings. The van der Waals surface area contributed by atoms with Crippen molar-refractivity contribution in [3.8, 4) is 5.75 Å². The molecule has 2 amide bonds. The first-order valence-electron chi connectivity index (χ1n) is 9.33. The fourth-order valence-corrected chi connectivity index (χ4v) is 3.50. The van der Waals surface area contributed by atoms with E-state index in [0.29, 0.717) is 38.7 Å². The van der Waals surface area contributed by atoms with Crippen LogP contribution in [-0.4, -0.2) is 44.2 Å². The summed E-state index contributed by atoms with van der Waals surface area (Å²) in [4.78, 5) is 24.2. The molecule has 27 heavy (non-hydrogen) atoms. The summed E-state index contributed by atoms with van der Waals surface area (Å²) in [5.74, 6) is -0.324. The van der Waals surface area contributed by atoms with Gasteiger partial charge in [-0.3, -0.25) is 9.59 Å². The maximum absolute atomic E-state index is 13.7. The smallest absolute Gasteiger partial charge is 0.220 e. The molecule has 0 saturated carbocycles. The predicted molar refractivity (Wildman–Crippen MR) is 100 cm³/mol. The topological polar surface area (TPSA) is 76.7 Å². The molecule has 2 N–H and O–H groups in total. The van der Waals surface area contributed by atoms with Gasteiger partial charge in [0.15, 0.2) is 11.6 Å². The van der Waals surface area contributed by atoms with Crippen LogP contribution in [0.1, 0.15) is 44.6 Å². The van der Waals surface area contributed by atoms with Crippen molar-refractivity contribution in [2.45, 2.75) is 57.0 Å². The SMILES string of the molecule is CC[C@H](COC)NC(=O)CC[C@]1(Cc2ccc(F)c(OC)c2)CCC(=O)N1. The van der Waals surface area contributed by atoms with E-state index < -0.39 is 11.4 Å². The summed E-state index contributed by atoms with van der Waals surface area (Å²) in [6, 6.07) is 4.68. The zero-order chi connectivity index (χ0) is 19.9. The van der Waals surface area contributed by atoms with Crippen LogP contribution in [0.5, 0.6) is 5.75 Å². The number of carbonyl (C=O) groups is 2.